The number of aliphatic hydroxyl groups excluding tert-OH is 7. The van der Waals surface area contributed by atoms with Crippen molar-refractivity contribution in [3.05, 3.63) is 102 Å². The number of nitrogens with zero attached hydrogens (tertiary/aromatic N) is 2. The van der Waals surface area contributed by atoms with Crippen LogP contribution in [0.3, 0.4) is 0 Å². The average Bonchev–Trinajstić information content (AvgIpc) is 3.36. The molecule has 0 aliphatic carbocycles. The molecule has 7 rings (SSSR count). The number of nitrogens with one attached hydrogen (secondary N) is 5. The van der Waals surface area contributed by atoms with Gasteiger partial charge in [0.1, 0.15) is 70.2 Å². The number of carbonyl (C=O) groups is 7. The van der Waals surface area contributed by atoms with E-state index in [1.165, 1.54) is 41.6 Å². The minimum absolute atomic E-state index is 0.0396. The Morgan fingerprint density at radius 2 is 1.27 bits per heavy atom. The largest absolute Gasteiger partial charge is 0.506 e. The average molecular weight is 1370 g/mol. The van der Waals surface area contributed by atoms with Crippen molar-refractivity contribution in [2.45, 2.75) is 162 Å². The number of unbranched alkanes of at least 4 members (excludes halogenated alkanes) is 5. The lowest BCUT2D eigenvalue weighted by atomic mass is 9.96. The molecule has 2 unspecified atom stereocenters. The number of benzene rings is 4. The van der Waals surface area contributed by atoms with E-state index in [1.54, 1.807) is 12.1 Å². The summed E-state index contributed by atoms with van der Waals surface area (Å²) in [7, 11) is 0. The van der Waals surface area contributed by atoms with Gasteiger partial charge in [-0.05, 0) is 120 Å². The summed E-state index contributed by atoms with van der Waals surface area (Å²) in [5.74, 6) is -8.56. The Kier molecular flexibility index (Phi) is 25.7. The smallest absolute Gasteiger partial charge is 0.251 e. The number of nitrogens with two attached hydrogens (primary N) is 2. The third kappa shape index (κ3) is 17.9. The summed E-state index contributed by atoms with van der Waals surface area (Å²) in [5, 5.41) is 103. The molecule has 3 heterocycles. The molecule has 0 saturated carbocycles. The van der Waals surface area contributed by atoms with Gasteiger partial charge in [0.05, 0.1) is 30.6 Å². The van der Waals surface area contributed by atoms with Gasteiger partial charge in [0.25, 0.3) is 5.91 Å². The molecule has 3 saturated heterocycles. The van der Waals surface area contributed by atoms with Crippen LogP contribution in [-0.4, -0.2) is 202 Å². The van der Waals surface area contributed by atoms with Crippen LogP contribution in [0.5, 0.6) is 11.5 Å². The first-order chi connectivity index (χ1) is 42.9. The molecule has 490 valence electrons. The molecule has 0 bridgehead atoms. The van der Waals surface area contributed by atoms with Crippen LogP contribution in [0.4, 0.5) is 5.69 Å². The summed E-state index contributed by atoms with van der Waals surface area (Å²) in [6.07, 6.45) is -8.73. The van der Waals surface area contributed by atoms with Crippen LogP contribution in [-0.2, 0) is 33.5 Å². The maximum absolute atomic E-state index is 14.8. The van der Waals surface area contributed by atoms with Crippen molar-refractivity contribution in [1.82, 2.24) is 36.4 Å². The number of phenols is 1. The Labute approximate surface area is 535 Å². The number of halogens is 1. The lowest BCUT2D eigenvalue weighted by molar-refractivity contribution is -0.149. The Morgan fingerprint density at radius 1 is 0.689 bits per heavy atom. The molecular weight excluding hydrogens is 1280 g/mol. The number of nitrogen functional groups attached to an aromatic ring is 1. The fourth-order valence-corrected chi connectivity index (χ4v) is 11.6. The Morgan fingerprint density at radius 3 is 1.87 bits per heavy atom. The van der Waals surface area contributed by atoms with Gasteiger partial charge in [0, 0.05) is 44.0 Å². The second-order valence-electron chi connectivity index (χ2n) is 23.2. The predicted molar refractivity (Wildman–Crippen MR) is 337 cm³/mol. The fourth-order valence-electron chi connectivity index (χ4n) is 11.1. The number of rotatable bonds is 21. The zero-order valence-corrected chi connectivity index (χ0v) is 52.6. The van der Waals surface area contributed by atoms with Crippen molar-refractivity contribution in [2.75, 3.05) is 38.6 Å². The maximum Gasteiger partial charge on any atom is 0.251 e. The number of amides is 7. The molecule has 3 aliphatic rings. The Hall–Kier alpha value is -7.06. The molecule has 0 aromatic heterocycles. The third-order valence-corrected chi connectivity index (χ3v) is 17.1. The number of fused-ring (bicyclic) bond motifs is 2. The van der Waals surface area contributed by atoms with E-state index >= 15 is 0 Å². The highest BCUT2D eigenvalue weighted by Gasteiger charge is 2.50. The van der Waals surface area contributed by atoms with Gasteiger partial charge in [-0.2, -0.15) is 0 Å². The first kappa shape index (κ1) is 70.4. The second-order valence-corrected chi connectivity index (χ2v) is 24.5. The highest BCUT2D eigenvalue weighted by molar-refractivity contribution is 14.1. The minimum Gasteiger partial charge on any atom is -0.506 e. The molecule has 27 heteroatoms. The summed E-state index contributed by atoms with van der Waals surface area (Å²) in [6, 6.07) is 13.6. The molecule has 3 aliphatic heterocycles. The van der Waals surface area contributed by atoms with Crippen LogP contribution >= 0.6 is 22.6 Å². The number of anilines is 1. The fraction of sp³-hybridized carbons (Fsp3) is 0.508. The van der Waals surface area contributed by atoms with E-state index in [2.05, 4.69) is 33.5 Å². The highest BCUT2D eigenvalue weighted by atomic mass is 127. The number of ether oxygens (including phenoxy) is 2. The normalized spacial score (nSPS) is 26.2. The molecule has 90 heavy (non-hydrogen) atoms. The van der Waals surface area contributed by atoms with Crippen LogP contribution in [0, 0.1) is 5.92 Å². The molecule has 4 aromatic rings. The van der Waals surface area contributed by atoms with E-state index < -0.39 is 156 Å². The standard InChI is InChI=1S/C63H84IN9O17/c1-4-5-9-26-89-42-22-19-38(20-23-42)36-13-11-35(12-14-36)37-15-17-39(18-16-37)56(82)67-44-30-47(77)61(90-27-10-7-6-8-25-65)71-60(86)51-52(78)33(2)31-73(51)62(87)48(34(3)74)68-59(85)49(54(80)53(79)40-21-24-46(76)43(66)28-40)69-58(84)45-29-41(75)32-72(45)63(88)50(55(64)81)70-57(44)83/h11-24,28,33-34,41,44-45,47-55,61,74-81H,4-10,25-27,29-32,65-66H2,1-3H3,(H,67,82)(H,68,85)(H,69,84)(H,70,83)(H,71,86)/t33-,34+,41+,44-,45-,47+,48?,49-,50-,51-,52-,53-,54-,55?,61+/m0/s1. The van der Waals surface area contributed by atoms with Gasteiger partial charge in [-0.1, -0.05) is 94.1 Å². The van der Waals surface area contributed by atoms with Gasteiger partial charge < -0.3 is 98.2 Å². The number of phenolic OH excluding ortho intramolecular Hbond substituents is 1. The maximum atomic E-state index is 14.8. The SMILES string of the molecule is CCCCCOc1ccc(-c2ccc(-c3ccc(C(=O)N[C@H]4C[C@@H](O)[C@@H](OCCCCCCN)NC(=O)[C@@H]5[C@@H](O)[C@@H](C)CN5C(=O)C([C@@H](C)O)NC(=O)[C@H]([C@H](O)[C@@H](O)c5ccc(O)c(N)c5)NC(=O)[C@@H]5C[C@@H](O)CN5C(=O)[C@H](C(O)I)NC4=O)cc3)cc2)cc1. The molecule has 0 spiro atoms. The first-order valence-electron chi connectivity index (χ1n) is 30.3. The summed E-state index contributed by atoms with van der Waals surface area (Å²) in [5.41, 5.74) is 14.7. The van der Waals surface area contributed by atoms with Crippen LogP contribution in [0.2, 0.25) is 0 Å². The zero-order valence-electron chi connectivity index (χ0n) is 50.4. The van der Waals surface area contributed by atoms with Crippen molar-refractivity contribution < 1.29 is 83.9 Å². The molecule has 7 amide bonds. The highest BCUT2D eigenvalue weighted by Crippen LogP contribution is 2.31. The molecular formula is C63H84IN9O17. The van der Waals surface area contributed by atoms with Gasteiger partial charge in [-0.15, -0.1) is 0 Å². The number of aromatic hydroxyl groups is 1. The number of aliphatic hydroxyl groups is 7. The van der Waals surface area contributed by atoms with Gasteiger partial charge in [-0.3, -0.25) is 33.6 Å². The molecule has 17 N–H and O–H groups in total. The van der Waals surface area contributed by atoms with Crippen LogP contribution in [0.15, 0.2) is 91.0 Å². The van der Waals surface area contributed by atoms with Crippen molar-refractivity contribution in [2.24, 2.45) is 11.7 Å². The molecule has 3 fully saturated rings. The van der Waals surface area contributed by atoms with Gasteiger partial charge in [-0.25, -0.2) is 0 Å². The first-order valence-corrected chi connectivity index (χ1v) is 31.5. The van der Waals surface area contributed by atoms with Crippen molar-refractivity contribution in [3.63, 3.8) is 0 Å². The number of carbonyl (C=O) groups excluding carboxylic acids is 7. The summed E-state index contributed by atoms with van der Waals surface area (Å²) < 4.78 is 10.2. The van der Waals surface area contributed by atoms with Gasteiger partial charge in [0.2, 0.25) is 35.4 Å². The van der Waals surface area contributed by atoms with E-state index in [1.807, 2.05) is 48.5 Å². The summed E-state index contributed by atoms with van der Waals surface area (Å²) in [4.78, 5) is 104. The topological polar surface area (TPSA) is 418 Å². The van der Waals surface area contributed by atoms with Crippen LogP contribution in [0.1, 0.15) is 101 Å². The quantitative estimate of drug-likeness (QED) is 0.0178. The lowest BCUT2D eigenvalue weighted by Gasteiger charge is -2.34. The minimum atomic E-state index is -2.35. The predicted octanol–water partition coefficient (Wildman–Crippen LogP) is 0.571. The van der Waals surface area contributed by atoms with E-state index in [0.717, 1.165) is 82.2 Å². The van der Waals surface area contributed by atoms with E-state index in [9.17, 15) is 74.4 Å². The third-order valence-electron chi connectivity index (χ3n) is 16.4. The van der Waals surface area contributed by atoms with E-state index in [-0.39, 0.29) is 30.0 Å². The molecule has 4 aromatic carbocycles. The summed E-state index contributed by atoms with van der Waals surface area (Å²) in [6.45, 7) is 4.77. The number of alkyl halides is 1. The van der Waals surface area contributed by atoms with E-state index in [0.29, 0.717) is 38.8 Å². The van der Waals surface area contributed by atoms with Crippen molar-refractivity contribution in [3.8, 4) is 33.8 Å². The lowest BCUT2D eigenvalue weighted by Crippen LogP contribution is -2.64. The molecule has 0 radical (unpaired) electrons. The Bertz CT molecular complexity index is 3090. The number of hydrogen-bond donors (Lipinski definition) is 15. The van der Waals surface area contributed by atoms with E-state index in [4.69, 9.17) is 20.9 Å². The molecule has 15 atom stereocenters. The Balaban J connectivity index is 1.23. The summed E-state index contributed by atoms with van der Waals surface area (Å²) >= 11 is 1.42. The van der Waals surface area contributed by atoms with Gasteiger partial charge in [0.15, 0.2) is 6.23 Å². The second kappa shape index (κ2) is 32.8. The van der Waals surface area contributed by atoms with Crippen molar-refractivity contribution >= 4 is 69.6 Å². The number of hydrogen-bond acceptors (Lipinski definition) is 19. The zero-order chi connectivity index (χ0) is 65.5. The van der Waals surface area contributed by atoms with Gasteiger partial charge >= 0.3 is 0 Å². The van der Waals surface area contributed by atoms with Crippen LogP contribution in [0.25, 0.3) is 22.3 Å². The monoisotopic (exact) mass is 1370 g/mol. The molecule has 26 nitrogen and oxygen atoms in total. The van der Waals surface area contributed by atoms with Crippen LogP contribution < -0.4 is 42.8 Å². The van der Waals surface area contributed by atoms with Crippen molar-refractivity contribution in [1.29, 1.82) is 0 Å².